The van der Waals surface area contributed by atoms with Crippen molar-refractivity contribution in [3.05, 3.63) is 57.0 Å². The van der Waals surface area contributed by atoms with Crippen molar-refractivity contribution in [3.8, 4) is 11.5 Å². The van der Waals surface area contributed by atoms with E-state index in [1.807, 2.05) is 37.3 Å². The summed E-state index contributed by atoms with van der Waals surface area (Å²) in [6, 6.07) is 12.4. The highest BCUT2D eigenvalue weighted by Crippen LogP contribution is 2.34. The van der Waals surface area contributed by atoms with Crippen LogP contribution in [0.4, 0.5) is 0 Å². The second-order valence-electron chi connectivity index (χ2n) is 7.66. The van der Waals surface area contributed by atoms with Crippen LogP contribution in [0, 0.1) is 0 Å². The third kappa shape index (κ3) is 7.20. The summed E-state index contributed by atoms with van der Waals surface area (Å²) < 4.78 is 13.0. The quantitative estimate of drug-likeness (QED) is 0.430. The van der Waals surface area contributed by atoms with Gasteiger partial charge in [-0.15, -0.1) is 0 Å². The van der Waals surface area contributed by atoms with E-state index in [1.165, 1.54) is 50.5 Å². The van der Waals surface area contributed by atoms with Crippen LogP contribution in [-0.4, -0.2) is 12.6 Å². The Morgan fingerprint density at radius 3 is 2.31 bits per heavy atom. The summed E-state index contributed by atoms with van der Waals surface area (Å²) in [6.07, 6.45) is 9.36. The molecule has 1 fully saturated rings. The Hall–Kier alpha value is -1.23. The Labute approximate surface area is 188 Å². The van der Waals surface area contributed by atoms with Crippen LogP contribution >= 0.6 is 27.5 Å². The first-order valence-electron chi connectivity index (χ1n) is 10.7. The first-order chi connectivity index (χ1) is 14.2. The monoisotopic (exact) mass is 479 g/mol. The zero-order valence-electron chi connectivity index (χ0n) is 17.2. The molecular formula is C24H31BrClNO2. The molecule has 3 rings (SSSR count). The van der Waals surface area contributed by atoms with Crippen LogP contribution in [-0.2, 0) is 13.2 Å². The molecule has 0 spiro atoms. The summed E-state index contributed by atoms with van der Waals surface area (Å²) in [4.78, 5) is 0. The number of hydrogen-bond donors (Lipinski definition) is 1. The average Bonchev–Trinajstić information content (AvgIpc) is 2.69. The van der Waals surface area contributed by atoms with Gasteiger partial charge in [-0.25, -0.2) is 0 Å². The number of benzene rings is 2. The Kier molecular flexibility index (Phi) is 9.16. The van der Waals surface area contributed by atoms with E-state index in [4.69, 9.17) is 21.1 Å². The maximum atomic E-state index is 6.06. The average molecular weight is 481 g/mol. The van der Waals surface area contributed by atoms with Gasteiger partial charge in [-0.05, 0) is 55.2 Å². The summed E-state index contributed by atoms with van der Waals surface area (Å²) >= 11 is 9.69. The summed E-state index contributed by atoms with van der Waals surface area (Å²) in [6.45, 7) is 3.91. The van der Waals surface area contributed by atoms with E-state index in [2.05, 4.69) is 27.3 Å². The SMILES string of the molecule is CCOc1cc(CNC2CCCCCCC2)c(Br)cc1OCc1ccc(Cl)cc1. The van der Waals surface area contributed by atoms with Crippen LogP contribution in [0.15, 0.2) is 40.9 Å². The van der Waals surface area contributed by atoms with Crippen LogP contribution in [0.25, 0.3) is 0 Å². The molecule has 0 aliphatic heterocycles. The number of nitrogens with one attached hydrogen (secondary N) is 1. The van der Waals surface area contributed by atoms with Crippen LogP contribution in [0.2, 0.25) is 5.02 Å². The summed E-state index contributed by atoms with van der Waals surface area (Å²) in [5, 5.41) is 4.49. The van der Waals surface area contributed by atoms with Crippen molar-refractivity contribution in [1.29, 1.82) is 0 Å². The molecule has 0 heterocycles. The van der Waals surface area contributed by atoms with Gasteiger partial charge >= 0.3 is 0 Å². The highest BCUT2D eigenvalue weighted by molar-refractivity contribution is 9.10. The van der Waals surface area contributed by atoms with Gasteiger partial charge in [0.1, 0.15) is 6.61 Å². The number of hydrogen-bond acceptors (Lipinski definition) is 3. The van der Waals surface area contributed by atoms with E-state index in [0.29, 0.717) is 19.3 Å². The van der Waals surface area contributed by atoms with Crippen molar-refractivity contribution in [1.82, 2.24) is 5.32 Å². The van der Waals surface area contributed by atoms with Gasteiger partial charge in [0, 0.05) is 22.1 Å². The fourth-order valence-electron chi connectivity index (χ4n) is 3.75. The van der Waals surface area contributed by atoms with Gasteiger partial charge in [-0.1, -0.05) is 71.8 Å². The number of halogens is 2. The fraction of sp³-hybridized carbons (Fsp3) is 0.500. The van der Waals surface area contributed by atoms with Crippen LogP contribution in [0.1, 0.15) is 63.0 Å². The Balaban J connectivity index is 1.65. The zero-order valence-corrected chi connectivity index (χ0v) is 19.5. The molecule has 5 heteroatoms. The lowest BCUT2D eigenvalue weighted by Gasteiger charge is -2.22. The molecular weight excluding hydrogens is 450 g/mol. The maximum absolute atomic E-state index is 6.06. The van der Waals surface area contributed by atoms with Crippen molar-refractivity contribution in [2.45, 2.75) is 71.1 Å². The fourth-order valence-corrected chi connectivity index (χ4v) is 4.34. The first kappa shape index (κ1) is 22.5. The van der Waals surface area contributed by atoms with Crippen LogP contribution in [0.5, 0.6) is 11.5 Å². The molecule has 29 heavy (non-hydrogen) atoms. The zero-order chi connectivity index (χ0) is 20.5. The molecule has 1 aliphatic rings. The van der Waals surface area contributed by atoms with Gasteiger partial charge in [0.25, 0.3) is 0 Å². The molecule has 158 valence electrons. The van der Waals surface area contributed by atoms with Gasteiger partial charge < -0.3 is 14.8 Å². The van der Waals surface area contributed by atoms with E-state index in [1.54, 1.807) is 0 Å². The summed E-state index contributed by atoms with van der Waals surface area (Å²) in [7, 11) is 0. The standard InChI is InChI=1S/C24H31BrClNO2/c1-2-28-23-14-19(16-27-21-8-6-4-3-5-7-9-21)22(25)15-24(23)29-17-18-10-12-20(26)13-11-18/h10-15,21,27H,2-9,16-17H2,1H3. The highest BCUT2D eigenvalue weighted by atomic mass is 79.9. The second-order valence-corrected chi connectivity index (χ2v) is 8.95. The molecule has 1 aliphatic carbocycles. The van der Waals surface area contributed by atoms with E-state index >= 15 is 0 Å². The van der Waals surface area contributed by atoms with Crippen LogP contribution < -0.4 is 14.8 Å². The van der Waals surface area contributed by atoms with Crippen molar-refractivity contribution in [2.24, 2.45) is 0 Å². The van der Waals surface area contributed by atoms with Crippen molar-refractivity contribution < 1.29 is 9.47 Å². The maximum Gasteiger partial charge on any atom is 0.162 e. The van der Waals surface area contributed by atoms with Crippen LogP contribution in [0.3, 0.4) is 0 Å². The second kappa shape index (κ2) is 11.8. The Morgan fingerprint density at radius 1 is 0.966 bits per heavy atom. The molecule has 0 atom stereocenters. The lowest BCUT2D eigenvalue weighted by Crippen LogP contribution is -2.29. The molecule has 1 saturated carbocycles. The largest absolute Gasteiger partial charge is 0.490 e. The van der Waals surface area contributed by atoms with E-state index < -0.39 is 0 Å². The minimum atomic E-state index is 0.476. The van der Waals surface area contributed by atoms with Gasteiger partial charge in [-0.2, -0.15) is 0 Å². The molecule has 0 radical (unpaired) electrons. The molecule has 3 nitrogen and oxygen atoms in total. The van der Waals surface area contributed by atoms with Gasteiger partial charge in [-0.3, -0.25) is 0 Å². The predicted molar refractivity (Wildman–Crippen MR) is 124 cm³/mol. The highest BCUT2D eigenvalue weighted by Gasteiger charge is 2.14. The smallest absolute Gasteiger partial charge is 0.162 e. The summed E-state index contributed by atoms with van der Waals surface area (Å²) in [5.74, 6) is 1.54. The molecule has 0 bridgehead atoms. The third-order valence-corrected chi connectivity index (χ3v) is 6.40. The minimum absolute atomic E-state index is 0.476. The Bertz CT molecular complexity index is 758. The molecule has 0 amide bonds. The predicted octanol–water partition coefficient (Wildman–Crippen LogP) is 7.28. The lowest BCUT2D eigenvalue weighted by atomic mass is 9.96. The molecule has 2 aromatic carbocycles. The van der Waals surface area contributed by atoms with Gasteiger partial charge in [0.2, 0.25) is 0 Å². The van der Waals surface area contributed by atoms with Crippen molar-refractivity contribution in [2.75, 3.05) is 6.61 Å². The Morgan fingerprint density at radius 2 is 1.62 bits per heavy atom. The van der Waals surface area contributed by atoms with Gasteiger partial charge in [0.05, 0.1) is 6.61 Å². The molecule has 0 unspecified atom stereocenters. The molecule has 2 aromatic rings. The van der Waals surface area contributed by atoms with Crippen molar-refractivity contribution in [3.63, 3.8) is 0 Å². The van der Waals surface area contributed by atoms with Gasteiger partial charge in [0.15, 0.2) is 11.5 Å². The lowest BCUT2D eigenvalue weighted by molar-refractivity contribution is 0.268. The summed E-state index contributed by atoms with van der Waals surface area (Å²) in [5.41, 5.74) is 2.28. The number of ether oxygens (including phenoxy) is 2. The van der Waals surface area contributed by atoms with E-state index in [0.717, 1.165) is 33.1 Å². The topological polar surface area (TPSA) is 30.5 Å². The van der Waals surface area contributed by atoms with Crippen molar-refractivity contribution >= 4 is 27.5 Å². The molecule has 1 N–H and O–H groups in total. The van der Waals surface area contributed by atoms with E-state index in [9.17, 15) is 0 Å². The van der Waals surface area contributed by atoms with E-state index in [-0.39, 0.29) is 0 Å². The third-order valence-electron chi connectivity index (χ3n) is 5.41. The molecule has 0 aromatic heterocycles. The molecule has 0 saturated heterocycles. The normalized spacial score (nSPS) is 15.6. The number of rotatable bonds is 8. The minimum Gasteiger partial charge on any atom is -0.490 e. The first-order valence-corrected chi connectivity index (χ1v) is 11.9.